The van der Waals surface area contributed by atoms with Crippen LogP contribution in [-0.2, 0) is 39.9 Å². The van der Waals surface area contributed by atoms with Crippen LogP contribution in [0.15, 0.2) is 140 Å². The SMILES string of the molecule is CS(=O)(=O)OCC1CN(c2ccc(C(=N)NC(=O)c3ccccc3)cc2)C(=O)O1.N=C(NC(=O)c1ccccc1)c1ccc(N2CC(CN3CCN(CCC(=O)OCc4ccccc4)CC3)OC2=O)cc1. The van der Waals surface area contributed by atoms with Gasteiger partial charge in [0.05, 0.1) is 25.8 Å². The Bertz CT molecular complexity index is 2780. The van der Waals surface area contributed by atoms with Crippen LogP contribution in [0.3, 0.4) is 0 Å². The first-order chi connectivity index (χ1) is 34.2. The molecule has 0 aromatic heterocycles. The molecule has 3 aliphatic rings. The molecule has 0 bridgehead atoms. The van der Waals surface area contributed by atoms with E-state index >= 15 is 0 Å². The van der Waals surface area contributed by atoms with Crippen molar-refractivity contribution in [2.24, 2.45) is 0 Å². The Labute approximate surface area is 411 Å². The van der Waals surface area contributed by atoms with Gasteiger partial charge in [-0.05, 0) is 78.4 Å². The zero-order valence-corrected chi connectivity index (χ0v) is 39.7. The summed E-state index contributed by atoms with van der Waals surface area (Å²) in [6, 6.07) is 40.3. The van der Waals surface area contributed by atoms with Crippen LogP contribution in [0, 0.1) is 10.8 Å². The Morgan fingerprint density at radius 2 is 1.04 bits per heavy atom. The minimum absolute atomic E-state index is 0.0134. The maximum absolute atomic E-state index is 12.6. The Balaban J connectivity index is 0.000000224. The Morgan fingerprint density at radius 3 is 1.52 bits per heavy atom. The van der Waals surface area contributed by atoms with E-state index in [2.05, 4.69) is 24.6 Å². The van der Waals surface area contributed by atoms with Crippen LogP contribution in [0.2, 0.25) is 0 Å². The summed E-state index contributed by atoms with van der Waals surface area (Å²) in [7, 11) is -3.62. The van der Waals surface area contributed by atoms with Crippen LogP contribution in [-0.4, -0.2) is 137 Å². The van der Waals surface area contributed by atoms with Gasteiger partial charge in [0.15, 0.2) is 0 Å². The molecule has 370 valence electrons. The number of carbonyl (C=O) groups excluding carboxylic acids is 5. The lowest BCUT2D eigenvalue weighted by molar-refractivity contribution is -0.145. The molecule has 5 aromatic rings. The summed E-state index contributed by atoms with van der Waals surface area (Å²) in [5, 5.41) is 21.4. The molecule has 0 radical (unpaired) electrons. The van der Waals surface area contributed by atoms with E-state index in [4.69, 9.17) is 25.0 Å². The van der Waals surface area contributed by atoms with Gasteiger partial charge in [0.1, 0.15) is 37.1 Å². The third-order valence-corrected chi connectivity index (χ3v) is 12.1. The van der Waals surface area contributed by atoms with Crippen LogP contribution in [0.4, 0.5) is 21.0 Å². The average Bonchev–Trinajstić information content (AvgIpc) is 3.95. The van der Waals surface area contributed by atoms with E-state index in [0.717, 1.165) is 38.0 Å². The summed E-state index contributed by atoms with van der Waals surface area (Å²) < 4.78 is 42.9. The number of benzene rings is 5. The number of nitrogens with zero attached hydrogens (tertiary/aromatic N) is 4. The van der Waals surface area contributed by atoms with E-state index < -0.39 is 34.3 Å². The van der Waals surface area contributed by atoms with Crippen molar-refractivity contribution in [1.29, 1.82) is 10.8 Å². The molecule has 8 rings (SSSR count). The molecule has 3 heterocycles. The molecule has 3 fully saturated rings. The van der Waals surface area contributed by atoms with E-state index in [-0.39, 0.29) is 42.8 Å². The number of rotatable bonds is 16. The van der Waals surface area contributed by atoms with Crippen LogP contribution in [0.1, 0.15) is 43.8 Å². The number of hydrogen-bond donors (Lipinski definition) is 4. The topological polar surface area (TPSA) is 241 Å². The van der Waals surface area contributed by atoms with Gasteiger partial charge in [-0.25, -0.2) is 9.59 Å². The zero-order chi connectivity index (χ0) is 50.3. The van der Waals surface area contributed by atoms with E-state index in [9.17, 15) is 32.4 Å². The molecule has 0 saturated carbocycles. The number of esters is 1. The molecule has 20 heteroatoms. The summed E-state index contributed by atoms with van der Waals surface area (Å²) in [4.78, 5) is 68.8. The summed E-state index contributed by atoms with van der Waals surface area (Å²) in [6.45, 7) is 5.26. The predicted molar refractivity (Wildman–Crippen MR) is 264 cm³/mol. The second-order valence-electron chi connectivity index (χ2n) is 16.7. The fourth-order valence-electron chi connectivity index (χ4n) is 7.70. The van der Waals surface area contributed by atoms with Gasteiger partial charge in [0, 0.05) is 72.9 Å². The lowest BCUT2D eigenvalue weighted by Crippen LogP contribution is -2.49. The van der Waals surface area contributed by atoms with Gasteiger partial charge < -0.3 is 29.7 Å². The smallest absolute Gasteiger partial charge is 0.414 e. The maximum atomic E-state index is 12.6. The third-order valence-electron chi connectivity index (χ3n) is 11.5. The van der Waals surface area contributed by atoms with Gasteiger partial charge in [0.25, 0.3) is 21.9 Å². The number of ether oxygens (including phenoxy) is 3. The lowest BCUT2D eigenvalue weighted by atomic mass is 10.1. The van der Waals surface area contributed by atoms with E-state index in [1.165, 1.54) is 4.90 Å². The van der Waals surface area contributed by atoms with Crippen molar-refractivity contribution in [3.05, 3.63) is 167 Å². The maximum Gasteiger partial charge on any atom is 0.414 e. The highest BCUT2D eigenvalue weighted by Gasteiger charge is 2.35. The monoisotopic (exact) mass is 986 g/mol. The number of amidine groups is 2. The summed E-state index contributed by atoms with van der Waals surface area (Å²) in [5.41, 5.74) is 4.09. The van der Waals surface area contributed by atoms with Gasteiger partial charge in [-0.1, -0.05) is 66.7 Å². The second-order valence-corrected chi connectivity index (χ2v) is 18.4. The number of piperazine rings is 1. The van der Waals surface area contributed by atoms with Gasteiger partial charge in [0.2, 0.25) is 0 Å². The largest absolute Gasteiger partial charge is 0.461 e. The van der Waals surface area contributed by atoms with Gasteiger partial charge in [-0.3, -0.25) is 44.1 Å². The van der Waals surface area contributed by atoms with Crippen molar-refractivity contribution in [3.8, 4) is 0 Å². The molecule has 71 heavy (non-hydrogen) atoms. The van der Waals surface area contributed by atoms with Crippen molar-refractivity contribution in [2.75, 3.05) is 75.0 Å². The first-order valence-electron chi connectivity index (χ1n) is 22.7. The number of anilines is 2. The third kappa shape index (κ3) is 15.1. The summed E-state index contributed by atoms with van der Waals surface area (Å²) in [6.07, 6.45) is -0.688. The number of cyclic esters (lactones) is 2. The fraction of sp³-hybridized carbons (Fsp3) is 0.275. The molecule has 0 spiro atoms. The van der Waals surface area contributed by atoms with Crippen LogP contribution in [0.5, 0.6) is 0 Å². The minimum Gasteiger partial charge on any atom is -0.461 e. The summed E-state index contributed by atoms with van der Waals surface area (Å²) >= 11 is 0. The Morgan fingerprint density at radius 1 is 0.606 bits per heavy atom. The van der Waals surface area contributed by atoms with Gasteiger partial charge in [-0.2, -0.15) is 8.42 Å². The molecule has 3 saturated heterocycles. The molecule has 4 N–H and O–H groups in total. The van der Waals surface area contributed by atoms with Crippen LogP contribution in [0.25, 0.3) is 0 Å². The van der Waals surface area contributed by atoms with Crippen molar-refractivity contribution >= 4 is 63.1 Å². The highest BCUT2D eigenvalue weighted by atomic mass is 32.2. The number of hydrogen-bond acceptors (Lipinski definition) is 15. The summed E-state index contributed by atoms with van der Waals surface area (Å²) in [5.74, 6) is -1.02. The number of carbonyl (C=O) groups is 5. The Hall–Kier alpha value is -7.78. The molecule has 3 aliphatic heterocycles. The first-order valence-corrected chi connectivity index (χ1v) is 24.5. The second kappa shape index (κ2) is 24.2. The standard InChI is InChI=1S/C32H35N5O5.C19H19N3O6S/c33-30(34-31(39)26-9-5-2-6-10-26)25-11-13-27(14-12-25)37-22-28(42-32(37)40)21-36-19-17-35(18-20-36)16-15-29(38)41-23-24-7-3-1-4-8-24;1-29(25,26)27-12-16-11-22(19(24)28-16)15-9-7-13(8-10-15)17(20)21-18(23)14-5-3-2-4-6-14/h1-14,28H,15-23H2,(H2,33,34,39);2-10,16H,11-12H2,1H3,(H2,20,21,23). The molecule has 4 amide bonds. The van der Waals surface area contributed by atoms with Crippen molar-refractivity contribution < 1.29 is 50.8 Å². The van der Waals surface area contributed by atoms with Gasteiger partial charge >= 0.3 is 18.2 Å². The fourth-order valence-corrected chi connectivity index (χ4v) is 8.10. The molecular weight excluding hydrogens is 933 g/mol. The number of nitrogens with one attached hydrogen (secondary N) is 4. The number of amides is 4. The quantitative estimate of drug-likeness (QED) is 0.0325. The van der Waals surface area contributed by atoms with Crippen molar-refractivity contribution in [3.63, 3.8) is 0 Å². The Kier molecular flexibility index (Phi) is 17.4. The minimum atomic E-state index is -3.62. The van der Waals surface area contributed by atoms with Crippen LogP contribution >= 0.6 is 0 Å². The molecule has 2 unspecified atom stereocenters. The average molecular weight is 987 g/mol. The lowest BCUT2D eigenvalue weighted by Gasteiger charge is -2.35. The van der Waals surface area contributed by atoms with Crippen LogP contribution < -0.4 is 20.4 Å². The normalized spacial score (nSPS) is 17.0. The van der Waals surface area contributed by atoms with E-state index in [1.807, 2.05) is 36.4 Å². The first kappa shape index (κ1) is 51.1. The molecule has 2 atom stereocenters. The molecule has 0 aliphatic carbocycles. The predicted octanol–water partition coefficient (Wildman–Crippen LogP) is 5.26. The van der Waals surface area contributed by atoms with Crippen molar-refractivity contribution in [1.82, 2.24) is 20.4 Å². The van der Waals surface area contributed by atoms with Crippen molar-refractivity contribution in [2.45, 2.75) is 25.2 Å². The highest BCUT2D eigenvalue weighted by molar-refractivity contribution is 7.86. The van der Waals surface area contributed by atoms with E-state index in [0.29, 0.717) is 66.3 Å². The molecule has 19 nitrogen and oxygen atoms in total. The van der Waals surface area contributed by atoms with E-state index in [1.54, 1.807) is 108 Å². The highest BCUT2D eigenvalue weighted by Crippen LogP contribution is 2.25. The molecule has 5 aromatic carbocycles. The molecular formula is C51H54N8O11S. The zero-order valence-electron chi connectivity index (χ0n) is 38.9. The van der Waals surface area contributed by atoms with Gasteiger partial charge in [-0.15, -0.1) is 0 Å².